The summed E-state index contributed by atoms with van der Waals surface area (Å²) < 4.78 is 245. The molecule has 0 aromatic carbocycles. The van der Waals surface area contributed by atoms with Gasteiger partial charge < -0.3 is 14.6 Å². The van der Waals surface area contributed by atoms with Gasteiger partial charge in [0.05, 0.1) is 0 Å². The van der Waals surface area contributed by atoms with E-state index < -0.39 is 72.8 Å². The number of halogens is 18. The first-order valence-electron chi connectivity index (χ1n) is 17.1. The molecule has 54 heavy (non-hydrogen) atoms. The van der Waals surface area contributed by atoms with Crippen LogP contribution in [-0.2, 0) is 9.47 Å². The van der Waals surface area contributed by atoms with Crippen molar-refractivity contribution >= 4 is 23.5 Å². The monoisotopic (exact) mass is 872 g/mol. The van der Waals surface area contributed by atoms with E-state index in [4.69, 9.17) is 0 Å². The minimum atomic E-state index is -7.00. The van der Waals surface area contributed by atoms with Gasteiger partial charge in [-0.1, -0.05) is 77.0 Å². The van der Waals surface area contributed by atoms with Crippen molar-refractivity contribution in [1.29, 1.82) is 0 Å². The lowest BCUT2D eigenvalue weighted by Crippen LogP contribution is -2.68. The minimum Gasteiger partial charge on any atom is -0.368 e. The standard InChI is InChI=1S/C31H46F18O3S2/c1-53-20-16-12-8-4-3-7-11-15-19-23(52-25(29(41,42)43,30(44,45)46)31(47,48)49)54-21-17-13-9-5-2-6-10-14-18-22(50)51-24(26(32,33)34,27(35,36)37)28(38,39)40/h22-23,50H,2-21H2,1H3. The van der Waals surface area contributed by atoms with Crippen LogP contribution in [-0.4, -0.2) is 82.9 Å². The van der Waals surface area contributed by atoms with Crippen molar-refractivity contribution < 1.29 is 93.6 Å². The number of thioether (sulfide) groups is 2. The van der Waals surface area contributed by atoms with Crippen LogP contribution in [0.4, 0.5) is 79.0 Å². The molecule has 1 N–H and O–H groups in total. The zero-order chi connectivity index (χ0) is 42.1. The first-order valence-corrected chi connectivity index (χ1v) is 19.5. The fourth-order valence-corrected chi connectivity index (χ4v) is 6.99. The largest absolute Gasteiger partial charge is 0.435 e. The summed E-state index contributed by atoms with van der Waals surface area (Å²) in [6.07, 6.45) is -37.1. The number of hydrogen-bond donors (Lipinski definition) is 1. The number of unbranched alkanes of at least 4 members (excludes halogenated alkanes) is 14. The molecular weight excluding hydrogens is 826 g/mol. The number of hydrogen-bond acceptors (Lipinski definition) is 5. The molecule has 0 bridgehead atoms. The summed E-state index contributed by atoms with van der Waals surface area (Å²) in [5, 5.41) is 9.44. The second-order valence-corrected chi connectivity index (χ2v) is 14.8. The molecule has 3 nitrogen and oxygen atoms in total. The Hall–Kier alpha value is -0.680. The maximum atomic E-state index is 13.5. The fourth-order valence-electron chi connectivity index (χ4n) is 5.32. The molecule has 0 aliphatic rings. The molecule has 0 fully saturated rings. The molecule has 2 atom stereocenters. The van der Waals surface area contributed by atoms with Crippen LogP contribution in [0.15, 0.2) is 0 Å². The summed E-state index contributed by atoms with van der Waals surface area (Å²) in [6, 6.07) is 0. The maximum absolute atomic E-state index is 13.5. The second-order valence-electron chi connectivity index (χ2n) is 12.6. The smallest absolute Gasteiger partial charge is 0.368 e. The Bertz CT molecular complexity index is 923. The summed E-state index contributed by atoms with van der Waals surface area (Å²) in [5.41, 5.74) is -15.1. The Morgan fingerprint density at radius 3 is 1.00 bits per heavy atom. The average molecular weight is 873 g/mol. The Morgan fingerprint density at radius 1 is 0.389 bits per heavy atom. The summed E-state index contributed by atoms with van der Waals surface area (Å²) in [4.78, 5) is 0. The lowest BCUT2D eigenvalue weighted by molar-refractivity contribution is -0.475. The van der Waals surface area contributed by atoms with E-state index in [9.17, 15) is 84.1 Å². The van der Waals surface area contributed by atoms with E-state index in [0.717, 1.165) is 37.9 Å². The predicted octanol–water partition coefficient (Wildman–Crippen LogP) is 13.6. The summed E-state index contributed by atoms with van der Waals surface area (Å²) >= 11 is 2.09. The van der Waals surface area contributed by atoms with Crippen LogP contribution in [0, 0.1) is 0 Å². The van der Waals surface area contributed by atoms with Gasteiger partial charge in [-0.3, -0.25) is 0 Å². The Morgan fingerprint density at radius 2 is 0.667 bits per heavy atom. The molecule has 0 spiro atoms. The average Bonchev–Trinajstić information content (AvgIpc) is 2.97. The molecule has 0 saturated heterocycles. The molecule has 0 rings (SSSR count). The highest BCUT2D eigenvalue weighted by Gasteiger charge is 2.87. The molecular formula is C31H46F18O3S2. The number of ether oxygens (including phenoxy) is 2. The van der Waals surface area contributed by atoms with Gasteiger partial charge in [-0.2, -0.15) is 90.8 Å². The van der Waals surface area contributed by atoms with Gasteiger partial charge in [-0.25, -0.2) is 0 Å². The van der Waals surface area contributed by atoms with Crippen molar-refractivity contribution in [2.24, 2.45) is 0 Å². The number of rotatable bonds is 27. The van der Waals surface area contributed by atoms with Crippen LogP contribution in [0.3, 0.4) is 0 Å². The highest BCUT2D eigenvalue weighted by molar-refractivity contribution is 7.99. The van der Waals surface area contributed by atoms with Gasteiger partial charge in [0.2, 0.25) is 0 Å². The normalized spacial score (nSPS) is 15.6. The SMILES string of the molecule is CSCCCCCCCCCCC(OC(C(F)(F)F)(C(F)(F)F)C(F)(F)F)SCCCCCCCCCCC(O)OC(C(F)(F)F)(C(F)(F)F)C(F)(F)F. The van der Waals surface area contributed by atoms with Gasteiger partial charge in [0, 0.05) is 0 Å². The van der Waals surface area contributed by atoms with E-state index in [2.05, 4.69) is 9.47 Å². The lowest BCUT2D eigenvalue weighted by atomic mass is 10.0. The van der Waals surface area contributed by atoms with Crippen LogP contribution in [0.25, 0.3) is 0 Å². The van der Waals surface area contributed by atoms with E-state index in [1.807, 2.05) is 6.26 Å². The van der Waals surface area contributed by atoms with Crippen molar-refractivity contribution in [2.75, 3.05) is 17.8 Å². The summed E-state index contributed by atoms with van der Waals surface area (Å²) in [5.74, 6) is 0.847. The van der Waals surface area contributed by atoms with E-state index in [0.29, 0.717) is 50.3 Å². The zero-order valence-corrected chi connectivity index (χ0v) is 30.8. The molecule has 0 radical (unpaired) electrons. The second kappa shape index (κ2) is 23.0. The molecule has 0 aliphatic carbocycles. The van der Waals surface area contributed by atoms with E-state index in [1.165, 1.54) is 0 Å². The van der Waals surface area contributed by atoms with Crippen LogP contribution in [0.2, 0.25) is 0 Å². The van der Waals surface area contributed by atoms with Crippen molar-refractivity contribution in [2.45, 2.75) is 176 Å². The maximum Gasteiger partial charge on any atom is 0.435 e. The van der Waals surface area contributed by atoms with Gasteiger partial charge in [0.25, 0.3) is 0 Å². The van der Waals surface area contributed by atoms with Crippen LogP contribution >= 0.6 is 23.5 Å². The Kier molecular flexibility index (Phi) is 22.8. The Balaban J connectivity index is 4.97. The number of aliphatic hydroxyl groups excluding tert-OH is 1. The van der Waals surface area contributed by atoms with Crippen molar-refractivity contribution in [3.05, 3.63) is 0 Å². The molecule has 0 aromatic heterocycles. The van der Waals surface area contributed by atoms with Crippen LogP contribution in [0.5, 0.6) is 0 Å². The molecule has 0 amide bonds. The molecule has 0 heterocycles. The van der Waals surface area contributed by atoms with E-state index >= 15 is 0 Å². The first-order chi connectivity index (χ1) is 24.5. The zero-order valence-electron chi connectivity index (χ0n) is 29.2. The topological polar surface area (TPSA) is 38.7 Å². The third-order valence-corrected chi connectivity index (χ3v) is 10.1. The van der Waals surface area contributed by atoms with Gasteiger partial charge in [0.1, 0.15) is 5.44 Å². The van der Waals surface area contributed by atoms with Crippen LogP contribution in [0.1, 0.15) is 116 Å². The van der Waals surface area contributed by atoms with Gasteiger partial charge in [-0.15, -0.1) is 11.8 Å². The molecule has 2 unspecified atom stereocenters. The van der Waals surface area contributed by atoms with Crippen LogP contribution < -0.4 is 0 Å². The Labute approximate surface area is 310 Å². The van der Waals surface area contributed by atoms with E-state index in [1.54, 1.807) is 11.8 Å². The molecule has 0 saturated carbocycles. The van der Waals surface area contributed by atoms with Crippen molar-refractivity contribution in [3.63, 3.8) is 0 Å². The minimum absolute atomic E-state index is 0.0187. The number of aliphatic hydroxyl groups is 1. The molecule has 0 aromatic rings. The van der Waals surface area contributed by atoms with Gasteiger partial charge in [0.15, 0.2) is 6.29 Å². The quantitative estimate of drug-likeness (QED) is 0.0506. The highest BCUT2D eigenvalue weighted by Crippen LogP contribution is 2.57. The van der Waals surface area contributed by atoms with E-state index in [-0.39, 0.29) is 37.9 Å². The molecule has 0 aliphatic heterocycles. The molecule has 326 valence electrons. The lowest BCUT2D eigenvalue weighted by Gasteiger charge is -2.40. The summed E-state index contributed by atoms with van der Waals surface area (Å²) in [6.45, 7) is 0. The molecule has 23 heteroatoms. The predicted molar refractivity (Wildman–Crippen MR) is 168 cm³/mol. The van der Waals surface area contributed by atoms with Crippen molar-refractivity contribution in [3.8, 4) is 0 Å². The summed E-state index contributed by atoms with van der Waals surface area (Å²) in [7, 11) is 0. The first kappa shape index (κ1) is 53.3. The van der Waals surface area contributed by atoms with Crippen molar-refractivity contribution in [1.82, 2.24) is 0 Å². The van der Waals surface area contributed by atoms with Gasteiger partial charge in [-0.05, 0) is 56.3 Å². The number of alkyl halides is 18. The highest BCUT2D eigenvalue weighted by atomic mass is 32.2. The van der Waals surface area contributed by atoms with Gasteiger partial charge >= 0.3 is 48.3 Å². The third kappa shape index (κ3) is 16.3. The fraction of sp³-hybridized carbons (Fsp3) is 1.00. The third-order valence-electron chi connectivity index (χ3n) is 8.20.